The van der Waals surface area contributed by atoms with E-state index in [2.05, 4.69) is 0 Å². The first-order valence-electron chi connectivity index (χ1n) is 3.87. The fourth-order valence-electron chi connectivity index (χ4n) is 1.02. The molecule has 0 unspecified atom stereocenters. The standard InChI is InChI=1S/C8H10NO2S/c10-7-3-4-8(11)9(7)5-1-2-6-12/h3-4H,1-2,5-6H2. The molecule has 1 aliphatic rings. The average Bonchev–Trinajstić information content (AvgIpc) is 2.35. The topological polar surface area (TPSA) is 37.4 Å². The first-order valence-corrected chi connectivity index (χ1v) is 4.45. The molecule has 12 heavy (non-hydrogen) atoms. The number of imide groups is 1. The molecule has 65 valence electrons. The van der Waals surface area contributed by atoms with Crippen molar-refractivity contribution in [2.75, 3.05) is 12.3 Å². The third kappa shape index (κ3) is 2.11. The van der Waals surface area contributed by atoms with Crippen LogP contribution >= 0.6 is 12.6 Å². The van der Waals surface area contributed by atoms with Gasteiger partial charge in [0.15, 0.2) is 0 Å². The van der Waals surface area contributed by atoms with Crippen LogP contribution in [0.5, 0.6) is 0 Å². The second-order valence-corrected chi connectivity index (χ2v) is 2.98. The fraction of sp³-hybridized carbons (Fsp3) is 0.500. The Balaban J connectivity index is 2.33. The Bertz CT molecular complexity index is 207. The van der Waals surface area contributed by atoms with Crippen LogP contribution < -0.4 is 0 Å². The van der Waals surface area contributed by atoms with Crippen molar-refractivity contribution in [2.45, 2.75) is 12.8 Å². The molecule has 0 N–H and O–H groups in total. The second-order valence-electron chi connectivity index (χ2n) is 2.57. The molecule has 0 aromatic heterocycles. The average molecular weight is 184 g/mol. The zero-order valence-electron chi connectivity index (χ0n) is 6.66. The SMILES string of the molecule is O=C1C=CC(=O)N1CCCC[S]. The molecule has 0 aromatic rings. The summed E-state index contributed by atoms with van der Waals surface area (Å²) in [5.41, 5.74) is 0. The van der Waals surface area contributed by atoms with Crippen LogP contribution in [-0.2, 0) is 9.59 Å². The molecule has 3 nitrogen and oxygen atoms in total. The largest absolute Gasteiger partial charge is 0.275 e. The molecule has 0 spiro atoms. The summed E-state index contributed by atoms with van der Waals surface area (Å²) in [7, 11) is 0. The number of rotatable bonds is 4. The van der Waals surface area contributed by atoms with E-state index in [4.69, 9.17) is 12.6 Å². The molecular weight excluding hydrogens is 174 g/mol. The molecule has 2 amide bonds. The van der Waals surface area contributed by atoms with Gasteiger partial charge in [0.25, 0.3) is 11.8 Å². The van der Waals surface area contributed by atoms with Crippen molar-refractivity contribution in [1.82, 2.24) is 4.90 Å². The maximum atomic E-state index is 11.0. The maximum Gasteiger partial charge on any atom is 0.253 e. The van der Waals surface area contributed by atoms with Crippen LogP contribution in [-0.4, -0.2) is 29.0 Å². The summed E-state index contributed by atoms with van der Waals surface area (Å²) in [4.78, 5) is 23.2. The Kier molecular flexibility index (Phi) is 3.34. The predicted octanol–water partition coefficient (Wildman–Crippen LogP) is 0.889. The number of unbranched alkanes of at least 4 members (excludes halogenated alkanes) is 1. The van der Waals surface area contributed by atoms with Gasteiger partial charge in [-0.05, 0) is 12.8 Å². The molecule has 1 heterocycles. The van der Waals surface area contributed by atoms with Crippen molar-refractivity contribution in [3.63, 3.8) is 0 Å². The number of carbonyl (C=O) groups is 2. The molecule has 0 bridgehead atoms. The van der Waals surface area contributed by atoms with E-state index in [1.54, 1.807) is 0 Å². The number of amides is 2. The lowest BCUT2D eigenvalue weighted by atomic mass is 10.3. The summed E-state index contributed by atoms with van der Waals surface area (Å²) >= 11 is 4.75. The van der Waals surface area contributed by atoms with Crippen LogP contribution in [0.15, 0.2) is 12.2 Å². The first kappa shape index (κ1) is 9.32. The highest BCUT2D eigenvalue weighted by atomic mass is 32.1. The van der Waals surface area contributed by atoms with E-state index in [0.717, 1.165) is 12.8 Å². The molecule has 0 fully saturated rings. The highest BCUT2D eigenvalue weighted by molar-refractivity contribution is 7.80. The number of carbonyl (C=O) groups excluding carboxylic acids is 2. The van der Waals surface area contributed by atoms with Gasteiger partial charge in [-0.25, -0.2) is 0 Å². The molecule has 0 saturated carbocycles. The summed E-state index contributed by atoms with van der Waals surface area (Å²) in [6.07, 6.45) is 4.29. The van der Waals surface area contributed by atoms with E-state index >= 15 is 0 Å². The van der Waals surface area contributed by atoms with Gasteiger partial charge in [0.1, 0.15) is 0 Å². The molecular formula is C8H10NO2S. The molecule has 1 rings (SSSR count). The lowest BCUT2D eigenvalue weighted by Crippen LogP contribution is -2.30. The third-order valence-electron chi connectivity index (χ3n) is 1.68. The Morgan fingerprint density at radius 3 is 2.25 bits per heavy atom. The minimum atomic E-state index is -0.204. The lowest BCUT2D eigenvalue weighted by Gasteiger charge is -2.12. The molecule has 0 aliphatic carbocycles. The van der Waals surface area contributed by atoms with Gasteiger partial charge < -0.3 is 0 Å². The molecule has 0 aromatic carbocycles. The molecule has 1 aliphatic heterocycles. The lowest BCUT2D eigenvalue weighted by molar-refractivity contribution is -0.136. The van der Waals surface area contributed by atoms with E-state index in [9.17, 15) is 9.59 Å². The Hall–Kier alpha value is -0.770. The highest BCUT2D eigenvalue weighted by Crippen LogP contribution is 2.05. The van der Waals surface area contributed by atoms with Crippen molar-refractivity contribution >= 4 is 24.4 Å². The zero-order valence-corrected chi connectivity index (χ0v) is 7.47. The van der Waals surface area contributed by atoms with Crippen LogP contribution in [0.2, 0.25) is 0 Å². The summed E-state index contributed by atoms with van der Waals surface area (Å²) < 4.78 is 0. The van der Waals surface area contributed by atoms with Gasteiger partial charge in [-0.2, -0.15) is 0 Å². The summed E-state index contributed by atoms with van der Waals surface area (Å²) in [6.45, 7) is 0.501. The van der Waals surface area contributed by atoms with Crippen LogP contribution in [0.1, 0.15) is 12.8 Å². The van der Waals surface area contributed by atoms with Gasteiger partial charge in [-0.15, -0.1) is 0 Å². The van der Waals surface area contributed by atoms with Crippen molar-refractivity contribution in [3.05, 3.63) is 12.2 Å². The zero-order chi connectivity index (χ0) is 8.97. The molecule has 4 heteroatoms. The normalized spacial score (nSPS) is 16.2. The van der Waals surface area contributed by atoms with Crippen molar-refractivity contribution in [3.8, 4) is 0 Å². The van der Waals surface area contributed by atoms with E-state index in [-0.39, 0.29) is 11.8 Å². The first-order chi connectivity index (χ1) is 5.75. The highest BCUT2D eigenvalue weighted by Gasteiger charge is 2.21. The smallest absolute Gasteiger partial charge is 0.253 e. The number of hydrogen-bond acceptors (Lipinski definition) is 2. The van der Waals surface area contributed by atoms with Crippen LogP contribution in [0.4, 0.5) is 0 Å². The Morgan fingerprint density at radius 1 is 1.17 bits per heavy atom. The van der Waals surface area contributed by atoms with Gasteiger partial charge >= 0.3 is 0 Å². The molecule has 1 radical (unpaired) electrons. The minimum absolute atomic E-state index is 0.204. The van der Waals surface area contributed by atoms with Gasteiger partial charge in [0.2, 0.25) is 0 Å². The van der Waals surface area contributed by atoms with Crippen molar-refractivity contribution in [1.29, 1.82) is 0 Å². The van der Waals surface area contributed by atoms with E-state index in [0.29, 0.717) is 12.3 Å². The van der Waals surface area contributed by atoms with E-state index in [1.165, 1.54) is 17.1 Å². The van der Waals surface area contributed by atoms with Gasteiger partial charge in [0, 0.05) is 24.4 Å². The predicted molar refractivity (Wildman–Crippen MR) is 47.6 cm³/mol. The van der Waals surface area contributed by atoms with Crippen LogP contribution in [0.3, 0.4) is 0 Å². The summed E-state index contributed by atoms with van der Waals surface area (Å²) in [5.74, 6) is 0.276. The van der Waals surface area contributed by atoms with Crippen molar-refractivity contribution in [2.24, 2.45) is 0 Å². The van der Waals surface area contributed by atoms with Crippen LogP contribution in [0.25, 0.3) is 0 Å². The van der Waals surface area contributed by atoms with Gasteiger partial charge in [0.05, 0.1) is 0 Å². The van der Waals surface area contributed by atoms with Crippen LogP contribution in [0, 0.1) is 0 Å². The third-order valence-corrected chi connectivity index (χ3v) is 1.97. The quantitative estimate of drug-likeness (QED) is 0.480. The van der Waals surface area contributed by atoms with E-state index in [1.807, 2.05) is 0 Å². The Labute approximate surface area is 76.8 Å². The second kappa shape index (κ2) is 4.30. The van der Waals surface area contributed by atoms with Gasteiger partial charge in [-0.1, -0.05) is 12.6 Å². The number of nitrogens with zero attached hydrogens (tertiary/aromatic N) is 1. The van der Waals surface area contributed by atoms with Gasteiger partial charge in [-0.3, -0.25) is 14.5 Å². The summed E-state index contributed by atoms with van der Waals surface area (Å²) in [6, 6.07) is 0. The fourth-order valence-corrected chi connectivity index (χ4v) is 1.23. The monoisotopic (exact) mass is 184 g/mol. The van der Waals surface area contributed by atoms with E-state index < -0.39 is 0 Å². The molecule has 0 atom stereocenters. The summed E-state index contributed by atoms with van der Waals surface area (Å²) in [5, 5.41) is 0. The Morgan fingerprint density at radius 2 is 1.75 bits per heavy atom. The minimum Gasteiger partial charge on any atom is -0.275 e. The number of hydrogen-bond donors (Lipinski definition) is 0. The maximum absolute atomic E-state index is 11.0. The van der Waals surface area contributed by atoms with Crippen molar-refractivity contribution < 1.29 is 9.59 Å². The molecule has 0 saturated heterocycles.